The SMILES string of the molecule is N#Cc1c(N=Cc2ccccc2Br)sc2c1CCCCC2. The number of aryl methyl sites for hydroxylation is 1. The van der Waals surface area contributed by atoms with E-state index in [9.17, 15) is 5.26 Å². The Morgan fingerprint density at radius 3 is 2.81 bits per heavy atom. The number of hydrogen-bond donors (Lipinski definition) is 0. The summed E-state index contributed by atoms with van der Waals surface area (Å²) >= 11 is 5.21. The van der Waals surface area contributed by atoms with Gasteiger partial charge in [-0.2, -0.15) is 5.26 Å². The van der Waals surface area contributed by atoms with Crippen LogP contribution >= 0.6 is 27.3 Å². The van der Waals surface area contributed by atoms with E-state index in [2.05, 4.69) is 27.0 Å². The van der Waals surface area contributed by atoms with E-state index in [0.29, 0.717) is 0 Å². The highest BCUT2D eigenvalue weighted by atomic mass is 79.9. The van der Waals surface area contributed by atoms with Crippen LogP contribution in [-0.2, 0) is 12.8 Å². The molecular weight excluding hydrogens is 344 g/mol. The number of thiophene rings is 1. The number of benzene rings is 1. The van der Waals surface area contributed by atoms with Crippen molar-refractivity contribution in [2.45, 2.75) is 32.1 Å². The molecule has 0 amide bonds. The molecule has 2 aromatic rings. The predicted molar refractivity (Wildman–Crippen MR) is 91.7 cm³/mol. The van der Waals surface area contributed by atoms with Crippen LogP contribution < -0.4 is 0 Å². The molecule has 0 spiro atoms. The molecule has 106 valence electrons. The fourth-order valence-corrected chi connectivity index (χ4v) is 4.21. The number of nitriles is 1. The second kappa shape index (κ2) is 6.55. The van der Waals surface area contributed by atoms with Crippen LogP contribution in [0.5, 0.6) is 0 Å². The van der Waals surface area contributed by atoms with Crippen molar-refractivity contribution < 1.29 is 0 Å². The van der Waals surface area contributed by atoms with E-state index in [1.807, 2.05) is 30.5 Å². The summed E-state index contributed by atoms with van der Waals surface area (Å²) in [4.78, 5) is 5.95. The van der Waals surface area contributed by atoms with Crippen molar-refractivity contribution in [3.63, 3.8) is 0 Å². The standard InChI is InChI=1S/C17H15BrN2S/c18-15-8-5-4-6-12(15)11-20-17-14(10-19)13-7-2-1-3-9-16(13)21-17/h4-6,8,11H,1-3,7,9H2. The zero-order valence-electron chi connectivity index (χ0n) is 11.6. The summed E-state index contributed by atoms with van der Waals surface area (Å²) in [6, 6.07) is 10.3. The highest BCUT2D eigenvalue weighted by molar-refractivity contribution is 9.10. The summed E-state index contributed by atoms with van der Waals surface area (Å²) < 4.78 is 1.02. The van der Waals surface area contributed by atoms with Gasteiger partial charge in [0, 0.05) is 21.1 Å². The van der Waals surface area contributed by atoms with Crippen molar-refractivity contribution in [3.05, 3.63) is 50.3 Å². The van der Waals surface area contributed by atoms with Crippen LogP contribution in [0.1, 0.15) is 40.8 Å². The second-order valence-electron chi connectivity index (χ2n) is 5.14. The Morgan fingerprint density at radius 1 is 1.19 bits per heavy atom. The van der Waals surface area contributed by atoms with Gasteiger partial charge in [0.25, 0.3) is 0 Å². The van der Waals surface area contributed by atoms with E-state index in [1.54, 1.807) is 11.3 Å². The summed E-state index contributed by atoms with van der Waals surface area (Å²) in [5.74, 6) is 0. The molecule has 0 fully saturated rings. The van der Waals surface area contributed by atoms with Gasteiger partial charge in [0.15, 0.2) is 0 Å². The minimum atomic E-state index is 0.792. The van der Waals surface area contributed by atoms with Gasteiger partial charge in [0.2, 0.25) is 0 Å². The van der Waals surface area contributed by atoms with E-state index in [0.717, 1.165) is 33.4 Å². The maximum Gasteiger partial charge on any atom is 0.134 e. The Balaban J connectivity index is 1.96. The maximum atomic E-state index is 9.48. The molecule has 0 N–H and O–H groups in total. The Kier molecular flexibility index (Phi) is 4.52. The highest BCUT2D eigenvalue weighted by Crippen LogP contribution is 2.38. The van der Waals surface area contributed by atoms with E-state index >= 15 is 0 Å². The fraction of sp³-hybridized carbons (Fsp3) is 0.294. The minimum absolute atomic E-state index is 0.792. The number of aliphatic imine (C=N–C) groups is 1. The first kappa shape index (κ1) is 14.5. The van der Waals surface area contributed by atoms with Gasteiger partial charge in [-0.25, -0.2) is 4.99 Å². The van der Waals surface area contributed by atoms with Gasteiger partial charge < -0.3 is 0 Å². The molecule has 21 heavy (non-hydrogen) atoms. The van der Waals surface area contributed by atoms with E-state index in [1.165, 1.54) is 29.7 Å². The predicted octanol–water partition coefficient (Wildman–Crippen LogP) is 5.40. The summed E-state index contributed by atoms with van der Waals surface area (Å²) in [5.41, 5.74) is 3.07. The van der Waals surface area contributed by atoms with Gasteiger partial charge in [-0.05, 0) is 37.3 Å². The number of rotatable bonds is 2. The molecule has 1 aliphatic carbocycles. The fourth-order valence-electron chi connectivity index (χ4n) is 2.64. The first-order valence-corrected chi connectivity index (χ1v) is 8.74. The third-order valence-electron chi connectivity index (χ3n) is 3.74. The lowest BCUT2D eigenvalue weighted by atomic mass is 10.1. The van der Waals surface area contributed by atoms with Gasteiger partial charge in [0.05, 0.1) is 5.56 Å². The molecule has 3 rings (SSSR count). The molecule has 0 radical (unpaired) electrons. The van der Waals surface area contributed by atoms with Gasteiger partial charge in [-0.3, -0.25) is 0 Å². The summed E-state index contributed by atoms with van der Waals surface area (Å²) in [5, 5.41) is 10.3. The highest BCUT2D eigenvalue weighted by Gasteiger charge is 2.19. The Labute approximate surface area is 137 Å². The number of hydrogen-bond acceptors (Lipinski definition) is 3. The van der Waals surface area contributed by atoms with Crippen molar-refractivity contribution in [2.24, 2.45) is 4.99 Å². The van der Waals surface area contributed by atoms with Crippen molar-refractivity contribution in [1.29, 1.82) is 5.26 Å². The molecular formula is C17H15BrN2S. The van der Waals surface area contributed by atoms with Crippen LogP contribution in [0.15, 0.2) is 33.7 Å². The van der Waals surface area contributed by atoms with Gasteiger partial charge >= 0.3 is 0 Å². The second-order valence-corrected chi connectivity index (χ2v) is 7.07. The van der Waals surface area contributed by atoms with E-state index in [4.69, 9.17) is 0 Å². The summed E-state index contributed by atoms with van der Waals surface area (Å²) in [6.45, 7) is 0. The molecule has 0 saturated heterocycles. The van der Waals surface area contributed by atoms with Crippen LogP contribution in [0.4, 0.5) is 5.00 Å². The maximum absolute atomic E-state index is 9.48. The van der Waals surface area contributed by atoms with Crippen LogP contribution in [0, 0.1) is 11.3 Å². The normalized spacial score (nSPS) is 14.7. The van der Waals surface area contributed by atoms with Crippen LogP contribution in [-0.4, -0.2) is 6.21 Å². The lowest BCUT2D eigenvalue weighted by Crippen LogP contribution is -1.87. The van der Waals surface area contributed by atoms with Crippen LogP contribution in [0.2, 0.25) is 0 Å². The number of halogens is 1. The lowest BCUT2D eigenvalue weighted by molar-refractivity contribution is 0.712. The first-order valence-electron chi connectivity index (χ1n) is 7.13. The molecule has 4 heteroatoms. The largest absolute Gasteiger partial charge is 0.244 e. The van der Waals surface area contributed by atoms with Crippen molar-refractivity contribution in [1.82, 2.24) is 0 Å². The average Bonchev–Trinajstić information content (AvgIpc) is 2.66. The summed E-state index contributed by atoms with van der Waals surface area (Å²) in [7, 11) is 0. The Hall–Kier alpha value is -1.44. The molecule has 1 heterocycles. The third-order valence-corrected chi connectivity index (χ3v) is 5.66. The van der Waals surface area contributed by atoms with Crippen molar-refractivity contribution in [3.8, 4) is 6.07 Å². The molecule has 1 aromatic carbocycles. The Morgan fingerprint density at radius 2 is 2.00 bits per heavy atom. The van der Waals surface area contributed by atoms with Gasteiger partial charge in [-0.15, -0.1) is 11.3 Å². The first-order chi connectivity index (χ1) is 10.3. The zero-order chi connectivity index (χ0) is 14.7. The van der Waals surface area contributed by atoms with Crippen molar-refractivity contribution in [2.75, 3.05) is 0 Å². The van der Waals surface area contributed by atoms with Gasteiger partial charge in [-0.1, -0.05) is 40.5 Å². The van der Waals surface area contributed by atoms with Gasteiger partial charge in [0.1, 0.15) is 11.1 Å². The molecule has 0 aliphatic heterocycles. The molecule has 0 unspecified atom stereocenters. The monoisotopic (exact) mass is 358 g/mol. The minimum Gasteiger partial charge on any atom is -0.244 e. The molecule has 0 atom stereocenters. The average molecular weight is 359 g/mol. The topological polar surface area (TPSA) is 36.1 Å². The molecule has 2 nitrogen and oxygen atoms in total. The third kappa shape index (κ3) is 3.09. The molecule has 1 aromatic heterocycles. The lowest BCUT2D eigenvalue weighted by Gasteiger charge is -1.97. The van der Waals surface area contributed by atoms with E-state index < -0.39 is 0 Å². The van der Waals surface area contributed by atoms with Crippen molar-refractivity contribution >= 4 is 38.5 Å². The molecule has 1 aliphatic rings. The number of fused-ring (bicyclic) bond motifs is 1. The quantitative estimate of drug-likeness (QED) is 0.522. The summed E-state index contributed by atoms with van der Waals surface area (Å²) in [6.07, 6.45) is 7.65. The molecule has 0 bridgehead atoms. The smallest absolute Gasteiger partial charge is 0.134 e. The number of nitrogens with zero attached hydrogens (tertiary/aromatic N) is 2. The molecule has 0 saturated carbocycles. The zero-order valence-corrected chi connectivity index (χ0v) is 14.0. The van der Waals surface area contributed by atoms with Crippen LogP contribution in [0.25, 0.3) is 0 Å². The Bertz CT molecular complexity index is 725. The van der Waals surface area contributed by atoms with E-state index in [-0.39, 0.29) is 0 Å². The van der Waals surface area contributed by atoms with Crippen LogP contribution in [0.3, 0.4) is 0 Å².